The van der Waals surface area contributed by atoms with Crippen LogP contribution in [0.1, 0.15) is 36.1 Å². The van der Waals surface area contributed by atoms with Gasteiger partial charge in [0, 0.05) is 26.0 Å². The van der Waals surface area contributed by atoms with Gasteiger partial charge in [-0.2, -0.15) is 0 Å². The molecule has 0 fully saturated rings. The van der Waals surface area contributed by atoms with E-state index in [9.17, 15) is 4.79 Å². The van der Waals surface area contributed by atoms with E-state index in [0.717, 1.165) is 31.4 Å². The molecule has 4 nitrogen and oxygen atoms in total. The number of hydrogen-bond acceptors (Lipinski definition) is 3. The lowest BCUT2D eigenvalue weighted by molar-refractivity contribution is 0.189. The Balaban J connectivity index is 2.44. The monoisotopic (exact) mass is 280 g/mol. The molecule has 0 saturated heterocycles. The van der Waals surface area contributed by atoms with E-state index in [1.807, 2.05) is 10.6 Å². The third-order valence-corrected chi connectivity index (χ3v) is 3.82. The second-order valence-corrected chi connectivity index (χ2v) is 5.34. The Morgan fingerprint density at radius 3 is 2.89 bits per heavy atom. The van der Waals surface area contributed by atoms with Gasteiger partial charge in [-0.25, -0.2) is 0 Å². The molecule has 5 heteroatoms. The molecule has 1 aliphatic rings. The Morgan fingerprint density at radius 1 is 1.47 bits per heavy atom. The lowest BCUT2D eigenvalue weighted by atomic mass is 9.94. The molecule has 0 atom stereocenters. The van der Waals surface area contributed by atoms with Gasteiger partial charge in [-0.15, -0.1) is 0 Å². The van der Waals surface area contributed by atoms with E-state index in [0.29, 0.717) is 18.7 Å². The molecule has 0 bridgehead atoms. The van der Waals surface area contributed by atoms with E-state index in [4.69, 9.17) is 22.7 Å². The first-order valence-corrected chi connectivity index (χ1v) is 7.10. The van der Waals surface area contributed by atoms with Crippen LogP contribution in [0.25, 0.3) is 0 Å². The summed E-state index contributed by atoms with van der Waals surface area (Å²) in [5, 5.41) is 0. The number of methoxy groups -OCH3 is 1. The maximum Gasteiger partial charge on any atom is 0.261 e. The van der Waals surface area contributed by atoms with E-state index in [1.54, 1.807) is 7.11 Å². The zero-order chi connectivity index (χ0) is 13.8. The first-order chi connectivity index (χ1) is 9.15. The Kier molecular flexibility index (Phi) is 4.71. The minimum Gasteiger partial charge on any atom is -0.389 e. The van der Waals surface area contributed by atoms with Gasteiger partial charge in [0.15, 0.2) is 0 Å². The molecule has 1 aromatic rings. The van der Waals surface area contributed by atoms with Crippen molar-refractivity contribution < 1.29 is 4.74 Å². The van der Waals surface area contributed by atoms with E-state index >= 15 is 0 Å². The molecule has 0 amide bonds. The second kappa shape index (κ2) is 6.30. The summed E-state index contributed by atoms with van der Waals surface area (Å²) in [4.78, 5) is 12.6. The van der Waals surface area contributed by atoms with Crippen molar-refractivity contribution in [2.24, 2.45) is 5.73 Å². The number of rotatable bonds is 5. The van der Waals surface area contributed by atoms with Crippen LogP contribution in [-0.4, -0.2) is 23.3 Å². The highest BCUT2D eigenvalue weighted by atomic mass is 32.1. The summed E-state index contributed by atoms with van der Waals surface area (Å²) in [6.07, 6.45) is 5.11. The van der Waals surface area contributed by atoms with Gasteiger partial charge in [0.1, 0.15) is 4.99 Å². The largest absolute Gasteiger partial charge is 0.389 e. The van der Waals surface area contributed by atoms with Crippen LogP contribution in [0.15, 0.2) is 10.9 Å². The van der Waals surface area contributed by atoms with Gasteiger partial charge in [-0.1, -0.05) is 12.2 Å². The summed E-state index contributed by atoms with van der Waals surface area (Å²) in [6, 6.07) is 1.89. The fourth-order valence-electron chi connectivity index (χ4n) is 2.66. The molecule has 19 heavy (non-hydrogen) atoms. The molecule has 1 heterocycles. The van der Waals surface area contributed by atoms with E-state index < -0.39 is 0 Å². The number of fused-ring (bicyclic) bond motifs is 1. The lowest BCUT2D eigenvalue weighted by Crippen LogP contribution is -2.33. The highest BCUT2D eigenvalue weighted by Crippen LogP contribution is 2.21. The molecule has 0 aromatic carbocycles. The molecule has 0 saturated carbocycles. The first kappa shape index (κ1) is 14.2. The average Bonchev–Trinajstić information content (AvgIpc) is 2.40. The van der Waals surface area contributed by atoms with Gasteiger partial charge in [-0.05, 0) is 43.7 Å². The van der Waals surface area contributed by atoms with Crippen molar-refractivity contribution in [2.75, 3.05) is 13.7 Å². The molecular weight excluding hydrogens is 260 g/mol. The van der Waals surface area contributed by atoms with Crippen LogP contribution in [-0.2, 0) is 24.1 Å². The summed E-state index contributed by atoms with van der Waals surface area (Å²) < 4.78 is 6.91. The van der Waals surface area contributed by atoms with E-state index in [2.05, 4.69) is 0 Å². The third-order valence-electron chi connectivity index (χ3n) is 3.60. The summed E-state index contributed by atoms with van der Waals surface area (Å²) in [5.41, 5.74) is 8.48. The van der Waals surface area contributed by atoms with Gasteiger partial charge >= 0.3 is 0 Å². The number of nitrogens with zero attached hydrogens (tertiary/aromatic N) is 1. The summed E-state index contributed by atoms with van der Waals surface area (Å²) >= 11 is 4.99. The zero-order valence-corrected chi connectivity index (χ0v) is 12.1. The maximum atomic E-state index is 12.4. The summed E-state index contributed by atoms with van der Waals surface area (Å²) in [6.45, 7) is 1.32. The normalized spacial score (nSPS) is 14.2. The molecule has 0 aliphatic heterocycles. The Bertz CT molecular complexity index is 537. The lowest BCUT2D eigenvalue weighted by Gasteiger charge is -2.22. The second-order valence-electron chi connectivity index (χ2n) is 4.90. The van der Waals surface area contributed by atoms with Gasteiger partial charge < -0.3 is 15.0 Å². The number of ether oxygens (including phenoxy) is 1. The van der Waals surface area contributed by atoms with Crippen molar-refractivity contribution >= 4 is 17.2 Å². The fraction of sp³-hybridized carbons (Fsp3) is 0.571. The average molecular weight is 280 g/mol. The summed E-state index contributed by atoms with van der Waals surface area (Å²) in [5.74, 6) is 0. The fourth-order valence-corrected chi connectivity index (χ4v) is 2.81. The van der Waals surface area contributed by atoms with Gasteiger partial charge in [0.2, 0.25) is 0 Å². The van der Waals surface area contributed by atoms with Crippen molar-refractivity contribution in [3.8, 4) is 0 Å². The number of aryl methyl sites for hydroxylation is 1. The van der Waals surface area contributed by atoms with Gasteiger partial charge in [-0.3, -0.25) is 4.79 Å². The first-order valence-electron chi connectivity index (χ1n) is 6.69. The van der Waals surface area contributed by atoms with Crippen LogP contribution in [0.4, 0.5) is 0 Å². The standard InChI is InChI=1S/C14H20N2O2S/c1-18-8-4-7-16-12-6-3-2-5-10(12)9-11(13(15)19)14(16)17/h9H,2-8H2,1H3,(H2,15,19). The van der Waals surface area contributed by atoms with Crippen LogP contribution in [0, 0.1) is 0 Å². The minimum atomic E-state index is -0.0516. The molecule has 1 aromatic heterocycles. The number of aromatic nitrogens is 1. The third kappa shape index (κ3) is 3.04. The molecule has 104 valence electrons. The van der Waals surface area contributed by atoms with Gasteiger partial charge in [0.25, 0.3) is 5.56 Å². The topological polar surface area (TPSA) is 57.2 Å². The van der Waals surface area contributed by atoms with Crippen molar-refractivity contribution in [2.45, 2.75) is 38.6 Å². The molecule has 1 aliphatic carbocycles. The Hall–Kier alpha value is -1.20. The molecule has 2 N–H and O–H groups in total. The Morgan fingerprint density at radius 2 is 2.21 bits per heavy atom. The van der Waals surface area contributed by atoms with E-state index in [-0.39, 0.29) is 10.5 Å². The highest BCUT2D eigenvalue weighted by Gasteiger charge is 2.18. The zero-order valence-electron chi connectivity index (χ0n) is 11.3. The van der Waals surface area contributed by atoms with Crippen LogP contribution >= 0.6 is 12.2 Å². The SMILES string of the molecule is COCCCn1c2c(cc(C(N)=S)c1=O)CCCC2. The number of pyridine rings is 1. The van der Waals surface area contributed by atoms with E-state index in [1.165, 1.54) is 12.0 Å². The van der Waals surface area contributed by atoms with Crippen molar-refractivity contribution in [3.05, 3.63) is 33.2 Å². The van der Waals surface area contributed by atoms with Crippen LogP contribution in [0.5, 0.6) is 0 Å². The van der Waals surface area contributed by atoms with Crippen molar-refractivity contribution in [1.29, 1.82) is 0 Å². The molecule has 2 rings (SSSR count). The highest BCUT2D eigenvalue weighted by molar-refractivity contribution is 7.80. The van der Waals surface area contributed by atoms with Crippen LogP contribution in [0.3, 0.4) is 0 Å². The number of nitrogens with two attached hydrogens (primary N) is 1. The number of hydrogen-bond donors (Lipinski definition) is 1. The smallest absolute Gasteiger partial charge is 0.261 e. The van der Waals surface area contributed by atoms with Crippen molar-refractivity contribution in [1.82, 2.24) is 4.57 Å². The molecule has 0 radical (unpaired) electrons. The summed E-state index contributed by atoms with van der Waals surface area (Å²) in [7, 11) is 1.67. The van der Waals surface area contributed by atoms with Gasteiger partial charge in [0.05, 0.1) is 5.56 Å². The Labute approximate surface area is 118 Å². The molecule has 0 unspecified atom stereocenters. The van der Waals surface area contributed by atoms with Crippen LogP contribution in [0.2, 0.25) is 0 Å². The predicted octanol–water partition coefficient (Wildman–Crippen LogP) is 1.40. The quantitative estimate of drug-likeness (QED) is 0.654. The molecule has 0 spiro atoms. The minimum absolute atomic E-state index is 0.0516. The van der Waals surface area contributed by atoms with Crippen LogP contribution < -0.4 is 11.3 Å². The maximum absolute atomic E-state index is 12.4. The number of thiocarbonyl (C=S) groups is 1. The predicted molar refractivity (Wildman–Crippen MR) is 79.7 cm³/mol. The van der Waals surface area contributed by atoms with Crippen molar-refractivity contribution in [3.63, 3.8) is 0 Å². The molecular formula is C14H20N2O2S.